The molecule has 2 aromatic rings. The molecule has 5 rings (SSSR count). The fourth-order valence-corrected chi connectivity index (χ4v) is 7.85. The van der Waals surface area contributed by atoms with Crippen molar-refractivity contribution in [1.82, 2.24) is 20.2 Å². The number of aliphatic hydroxyl groups excluding tert-OH is 1. The molecule has 2 amide bonds. The second-order valence-electron chi connectivity index (χ2n) is 13.6. The molecule has 2 aromatic carbocycles. The lowest BCUT2D eigenvalue weighted by atomic mass is 9.88. The van der Waals surface area contributed by atoms with E-state index in [0.29, 0.717) is 25.2 Å². The first kappa shape index (κ1) is 37.8. The normalized spacial score (nSPS) is 21.0. The minimum atomic E-state index is -4.24. The summed E-state index contributed by atoms with van der Waals surface area (Å²) >= 11 is 0. The van der Waals surface area contributed by atoms with E-state index in [-0.39, 0.29) is 68.5 Å². The minimum absolute atomic E-state index is 0.0307. The van der Waals surface area contributed by atoms with Crippen LogP contribution in [0.25, 0.3) is 0 Å². The number of sulfonamides is 1. The third-order valence-corrected chi connectivity index (χ3v) is 10.8. The van der Waals surface area contributed by atoms with Crippen LogP contribution in [-0.2, 0) is 35.4 Å². The van der Waals surface area contributed by atoms with Gasteiger partial charge in [-0.3, -0.25) is 4.79 Å². The average molecular weight is 719 g/mol. The molecule has 15 nitrogen and oxygen atoms in total. The predicted molar refractivity (Wildman–Crippen MR) is 182 cm³/mol. The van der Waals surface area contributed by atoms with Gasteiger partial charge in [-0.25, -0.2) is 13.2 Å². The maximum atomic E-state index is 14.3. The van der Waals surface area contributed by atoms with Crippen LogP contribution in [-0.4, -0.2) is 113 Å². The maximum Gasteiger partial charge on any atom is 0.407 e. The van der Waals surface area contributed by atoms with Crippen LogP contribution in [0, 0.1) is 11.3 Å². The van der Waals surface area contributed by atoms with E-state index in [2.05, 4.69) is 15.9 Å². The van der Waals surface area contributed by atoms with Crippen molar-refractivity contribution in [1.29, 1.82) is 0 Å². The lowest BCUT2D eigenvalue weighted by molar-refractivity contribution is -0.120. The molecular weight excluding hydrogens is 671 g/mol. The summed E-state index contributed by atoms with van der Waals surface area (Å²) in [5.41, 5.74) is 0.134. The summed E-state index contributed by atoms with van der Waals surface area (Å²) in [7, 11) is -5.08. The average Bonchev–Trinajstić information content (AvgIpc) is 3.82. The molecule has 3 heterocycles. The van der Waals surface area contributed by atoms with Gasteiger partial charge >= 0.3 is 13.1 Å². The molecule has 2 saturated heterocycles. The SMILES string of the molecule is CB(O)NCC(=O)NCCC(C)(C)CN(CC(O)[C@H](Cc1ccccc1)NC(=O)OC1COC2OCCC12)S(=O)(=O)c1ccc2c(c1)OCO2. The van der Waals surface area contributed by atoms with Crippen molar-refractivity contribution in [3.05, 3.63) is 54.1 Å². The van der Waals surface area contributed by atoms with Gasteiger partial charge in [-0.15, -0.1) is 0 Å². The Morgan fingerprint density at radius 3 is 2.64 bits per heavy atom. The van der Waals surface area contributed by atoms with Gasteiger partial charge in [0.1, 0.15) is 6.10 Å². The van der Waals surface area contributed by atoms with Gasteiger partial charge in [0.05, 0.1) is 42.7 Å². The Bertz CT molecular complexity index is 1570. The Labute approximate surface area is 293 Å². The molecule has 5 atom stereocenters. The number of ether oxygens (including phenoxy) is 5. The van der Waals surface area contributed by atoms with Gasteiger partial charge in [0.15, 0.2) is 17.8 Å². The molecule has 17 heteroatoms. The van der Waals surface area contributed by atoms with Gasteiger partial charge in [-0.2, -0.15) is 4.31 Å². The highest BCUT2D eigenvalue weighted by atomic mass is 32.2. The number of rotatable bonds is 17. The third-order valence-electron chi connectivity index (χ3n) is 8.97. The monoisotopic (exact) mass is 718 g/mol. The Morgan fingerprint density at radius 2 is 1.88 bits per heavy atom. The lowest BCUT2D eigenvalue weighted by Crippen LogP contribution is -2.52. The summed E-state index contributed by atoms with van der Waals surface area (Å²) in [4.78, 5) is 25.4. The fourth-order valence-electron chi connectivity index (χ4n) is 6.19. The number of hydrogen-bond donors (Lipinski definition) is 5. The fraction of sp³-hybridized carbons (Fsp3) is 0.576. The van der Waals surface area contributed by atoms with E-state index in [0.717, 1.165) is 5.56 Å². The van der Waals surface area contributed by atoms with Crippen molar-refractivity contribution in [2.24, 2.45) is 11.3 Å². The highest BCUT2D eigenvalue weighted by molar-refractivity contribution is 7.89. The molecule has 5 N–H and O–H groups in total. The summed E-state index contributed by atoms with van der Waals surface area (Å²) < 4.78 is 57.5. The Balaban J connectivity index is 1.34. The molecule has 274 valence electrons. The third kappa shape index (κ3) is 10.1. The first-order valence-corrected chi connectivity index (χ1v) is 18.2. The summed E-state index contributed by atoms with van der Waals surface area (Å²) in [5, 5.41) is 29.4. The van der Waals surface area contributed by atoms with Crippen LogP contribution in [0.3, 0.4) is 0 Å². The summed E-state index contributed by atoms with van der Waals surface area (Å²) in [6.07, 6.45) is -1.75. The Kier molecular flexibility index (Phi) is 12.6. The van der Waals surface area contributed by atoms with Crippen molar-refractivity contribution in [2.45, 2.75) is 69.4 Å². The zero-order valence-electron chi connectivity index (χ0n) is 28.6. The van der Waals surface area contributed by atoms with Gasteiger partial charge in [0.2, 0.25) is 22.7 Å². The van der Waals surface area contributed by atoms with Gasteiger partial charge < -0.3 is 49.7 Å². The molecule has 4 unspecified atom stereocenters. The summed E-state index contributed by atoms with van der Waals surface area (Å²) in [5.74, 6) is 0.313. The van der Waals surface area contributed by atoms with Crippen LogP contribution in [0.2, 0.25) is 6.82 Å². The van der Waals surface area contributed by atoms with Crippen molar-refractivity contribution in [3.8, 4) is 11.5 Å². The quantitative estimate of drug-likeness (QED) is 0.147. The molecule has 0 spiro atoms. The van der Waals surface area contributed by atoms with Crippen LogP contribution < -0.4 is 25.3 Å². The highest BCUT2D eigenvalue weighted by Crippen LogP contribution is 2.36. The first-order valence-electron chi connectivity index (χ1n) is 16.8. The summed E-state index contributed by atoms with van der Waals surface area (Å²) in [6, 6.07) is 12.6. The zero-order valence-corrected chi connectivity index (χ0v) is 29.4. The number of nitrogens with one attached hydrogen (secondary N) is 3. The van der Waals surface area contributed by atoms with Crippen molar-refractivity contribution < 1.29 is 51.8 Å². The molecular formula is C33H47BN4O11S. The maximum absolute atomic E-state index is 14.3. The largest absolute Gasteiger partial charge is 0.454 e. The smallest absolute Gasteiger partial charge is 0.407 e. The number of carbonyl (C=O) groups is 2. The second kappa shape index (κ2) is 16.7. The molecule has 3 aliphatic heterocycles. The van der Waals surface area contributed by atoms with Crippen LogP contribution in [0.1, 0.15) is 32.3 Å². The molecule has 0 saturated carbocycles. The number of aliphatic hydroxyl groups is 1. The molecule has 0 radical (unpaired) electrons. The number of alkyl carbamates (subject to hydrolysis) is 1. The minimum Gasteiger partial charge on any atom is -0.454 e. The van der Waals surface area contributed by atoms with E-state index in [9.17, 15) is 28.1 Å². The molecule has 3 aliphatic rings. The van der Waals surface area contributed by atoms with E-state index in [1.165, 1.54) is 29.3 Å². The van der Waals surface area contributed by atoms with E-state index < -0.39 is 53.1 Å². The summed E-state index contributed by atoms with van der Waals surface area (Å²) in [6.45, 7) is 5.69. The molecule has 50 heavy (non-hydrogen) atoms. The van der Waals surface area contributed by atoms with Crippen LogP contribution in [0.15, 0.2) is 53.4 Å². The second-order valence-corrected chi connectivity index (χ2v) is 15.5. The number of amides is 2. The van der Waals surface area contributed by atoms with E-state index in [4.69, 9.17) is 23.7 Å². The van der Waals surface area contributed by atoms with Crippen molar-refractivity contribution in [2.75, 3.05) is 46.2 Å². The van der Waals surface area contributed by atoms with Gasteiger partial charge in [-0.1, -0.05) is 44.2 Å². The van der Waals surface area contributed by atoms with Gasteiger partial charge in [0.25, 0.3) is 0 Å². The standard InChI is InChI=1S/C33H47BN4O11S/c1-33(2,12-13-35-30(40)17-36-34(3)42)20-38(50(43,44)23-9-10-27-28(16-23)48-21-47-27)18-26(39)25(15-22-7-5-4-6-8-22)37-32(41)49-29-19-46-31-24(29)11-14-45-31/h4-10,16,24-26,29,31,36,39,42H,11-15,17-21H2,1-3H3,(H,35,40)(H,37,41)/t24?,25-,26?,29?,31?/m0/s1. The zero-order chi connectivity index (χ0) is 35.9. The topological polar surface area (TPSA) is 194 Å². The van der Waals surface area contributed by atoms with Crippen LogP contribution in [0.4, 0.5) is 4.79 Å². The van der Waals surface area contributed by atoms with Crippen LogP contribution >= 0.6 is 0 Å². The number of fused-ring (bicyclic) bond motifs is 2. The molecule has 0 bridgehead atoms. The van der Waals surface area contributed by atoms with Crippen molar-refractivity contribution in [3.63, 3.8) is 0 Å². The number of carbonyl (C=O) groups excluding carboxylic acids is 2. The predicted octanol–water partition coefficient (Wildman–Crippen LogP) is 1.10. The van der Waals surface area contributed by atoms with Crippen molar-refractivity contribution >= 4 is 29.1 Å². The van der Waals surface area contributed by atoms with E-state index in [1.54, 1.807) is 0 Å². The molecule has 0 aromatic heterocycles. The first-order chi connectivity index (χ1) is 23.8. The Hall–Kier alpha value is -3.45. The highest BCUT2D eigenvalue weighted by Gasteiger charge is 2.44. The van der Waals surface area contributed by atoms with Gasteiger partial charge in [0, 0.05) is 25.7 Å². The number of hydrogen-bond acceptors (Lipinski definition) is 12. The van der Waals surface area contributed by atoms with Gasteiger partial charge in [-0.05, 0) is 49.2 Å². The molecule has 0 aliphatic carbocycles. The van der Waals surface area contributed by atoms with E-state index >= 15 is 0 Å². The van der Waals surface area contributed by atoms with E-state index in [1.807, 2.05) is 44.2 Å². The lowest BCUT2D eigenvalue weighted by Gasteiger charge is -2.35. The van der Waals surface area contributed by atoms with Crippen LogP contribution in [0.5, 0.6) is 11.5 Å². The number of nitrogens with zero attached hydrogens (tertiary/aromatic N) is 1. The number of benzene rings is 2. The Morgan fingerprint density at radius 1 is 1.12 bits per heavy atom. The molecule has 2 fully saturated rings.